The van der Waals surface area contributed by atoms with Crippen molar-refractivity contribution in [3.05, 3.63) is 0 Å². The number of hydrogen-bond donors (Lipinski definition) is 3. The fourth-order valence-electron chi connectivity index (χ4n) is 1.85. The van der Waals surface area contributed by atoms with Crippen LogP contribution in [0.4, 0.5) is 4.79 Å². The van der Waals surface area contributed by atoms with Gasteiger partial charge in [-0.3, -0.25) is 4.79 Å². The van der Waals surface area contributed by atoms with E-state index in [-0.39, 0.29) is 19.0 Å². The molecule has 0 aromatic rings. The lowest BCUT2D eigenvalue weighted by molar-refractivity contribution is -0.136. The highest BCUT2D eigenvalue weighted by Crippen LogP contribution is 2.14. The van der Waals surface area contributed by atoms with E-state index >= 15 is 0 Å². The minimum atomic E-state index is -0.902. The first-order valence-electron chi connectivity index (χ1n) is 6.00. The predicted molar refractivity (Wildman–Crippen MR) is 63.9 cm³/mol. The van der Waals surface area contributed by atoms with Gasteiger partial charge in [0.2, 0.25) is 0 Å². The van der Waals surface area contributed by atoms with Crippen molar-refractivity contribution in [2.24, 2.45) is 5.92 Å². The van der Waals surface area contributed by atoms with E-state index in [1.54, 1.807) is 0 Å². The number of amides is 2. The lowest BCUT2D eigenvalue weighted by Gasteiger charge is -2.28. The summed E-state index contributed by atoms with van der Waals surface area (Å²) < 4.78 is 0. The van der Waals surface area contributed by atoms with Crippen molar-refractivity contribution < 1.29 is 14.7 Å². The van der Waals surface area contributed by atoms with Gasteiger partial charge in [0.05, 0.1) is 6.42 Å². The number of carboxylic acid groups (broad SMARTS) is 1. The van der Waals surface area contributed by atoms with Gasteiger partial charge < -0.3 is 20.6 Å². The maximum absolute atomic E-state index is 11.3. The lowest BCUT2D eigenvalue weighted by atomic mass is 9.97. The minimum Gasteiger partial charge on any atom is -0.481 e. The van der Waals surface area contributed by atoms with Gasteiger partial charge in [-0.15, -0.1) is 0 Å². The maximum atomic E-state index is 11.3. The molecule has 1 aliphatic rings. The summed E-state index contributed by atoms with van der Waals surface area (Å²) in [5.41, 5.74) is 0. The monoisotopic (exact) mass is 243 g/mol. The molecule has 0 unspecified atom stereocenters. The van der Waals surface area contributed by atoms with Crippen LogP contribution in [-0.2, 0) is 4.79 Å². The van der Waals surface area contributed by atoms with Crippen molar-refractivity contribution in [2.45, 2.75) is 19.3 Å². The first-order chi connectivity index (χ1) is 8.08. The van der Waals surface area contributed by atoms with E-state index in [1.165, 1.54) is 0 Å². The van der Waals surface area contributed by atoms with Gasteiger partial charge in [-0.05, 0) is 38.9 Å². The molecule has 3 N–H and O–H groups in total. The van der Waals surface area contributed by atoms with Crippen LogP contribution in [0.25, 0.3) is 0 Å². The lowest BCUT2D eigenvalue weighted by Crippen LogP contribution is -2.41. The van der Waals surface area contributed by atoms with Crippen LogP contribution in [0.1, 0.15) is 19.3 Å². The van der Waals surface area contributed by atoms with E-state index in [2.05, 4.69) is 22.6 Å². The molecular formula is C11H21N3O3. The number of nitrogens with one attached hydrogen (secondary N) is 2. The zero-order valence-corrected chi connectivity index (χ0v) is 10.2. The molecule has 1 fully saturated rings. The van der Waals surface area contributed by atoms with Crippen LogP contribution in [-0.4, -0.2) is 55.2 Å². The van der Waals surface area contributed by atoms with Crippen molar-refractivity contribution >= 4 is 12.0 Å². The number of piperidine rings is 1. The Bertz CT molecular complexity index is 263. The van der Waals surface area contributed by atoms with E-state index in [0.29, 0.717) is 12.5 Å². The van der Waals surface area contributed by atoms with Crippen LogP contribution in [0.5, 0.6) is 0 Å². The molecule has 0 aliphatic carbocycles. The summed E-state index contributed by atoms with van der Waals surface area (Å²) in [6.45, 7) is 3.00. The first kappa shape index (κ1) is 13.8. The maximum Gasteiger partial charge on any atom is 0.314 e. The highest BCUT2D eigenvalue weighted by molar-refractivity contribution is 5.74. The van der Waals surface area contributed by atoms with Crippen LogP contribution >= 0.6 is 0 Å². The molecule has 0 atom stereocenters. The van der Waals surface area contributed by atoms with Gasteiger partial charge in [0.25, 0.3) is 0 Å². The fourth-order valence-corrected chi connectivity index (χ4v) is 1.85. The molecular weight excluding hydrogens is 222 g/mol. The molecule has 0 bridgehead atoms. The third kappa shape index (κ3) is 6.11. The van der Waals surface area contributed by atoms with Crippen LogP contribution < -0.4 is 10.6 Å². The van der Waals surface area contributed by atoms with E-state index in [9.17, 15) is 9.59 Å². The fraction of sp³-hybridized carbons (Fsp3) is 0.818. The van der Waals surface area contributed by atoms with Crippen molar-refractivity contribution in [3.8, 4) is 0 Å². The molecule has 1 saturated heterocycles. The number of rotatable bonds is 5. The highest BCUT2D eigenvalue weighted by Gasteiger charge is 2.16. The number of carboxylic acids is 1. The minimum absolute atomic E-state index is 0.0400. The zero-order valence-electron chi connectivity index (χ0n) is 10.2. The van der Waals surface area contributed by atoms with Crippen molar-refractivity contribution in [2.75, 3.05) is 33.2 Å². The van der Waals surface area contributed by atoms with E-state index in [4.69, 9.17) is 5.11 Å². The molecule has 1 heterocycles. The smallest absolute Gasteiger partial charge is 0.314 e. The van der Waals surface area contributed by atoms with Crippen LogP contribution in [0.2, 0.25) is 0 Å². The van der Waals surface area contributed by atoms with E-state index in [1.807, 2.05) is 0 Å². The zero-order chi connectivity index (χ0) is 12.7. The van der Waals surface area contributed by atoms with Gasteiger partial charge in [-0.25, -0.2) is 4.79 Å². The van der Waals surface area contributed by atoms with E-state index in [0.717, 1.165) is 25.9 Å². The number of hydrogen-bond acceptors (Lipinski definition) is 3. The molecule has 6 nitrogen and oxygen atoms in total. The molecule has 98 valence electrons. The second-order valence-electron chi connectivity index (χ2n) is 4.53. The molecule has 1 aliphatic heterocycles. The second kappa shape index (κ2) is 7.11. The SMILES string of the molecule is CN1CCC(CNC(=O)NCCC(=O)O)CC1. The number of nitrogens with zero attached hydrogens (tertiary/aromatic N) is 1. The molecule has 0 saturated carbocycles. The van der Waals surface area contributed by atoms with E-state index < -0.39 is 5.97 Å². The molecule has 0 aromatic heterocycles. The molecule has 17 heavy (non-hydrogen) atoms. The second-order valence-corrected chi connectivity index (χ2v) is 4.53. The average Bonchev–Trinajstić information content (AvgIpc) is 2.28. The summed E-state index contributed by atoms with van der Waals surface area (Å²) >= 11 is 0. The number of carbonyl (C=O) groups excluding carboxylic acids is 1. The Morgan fingerprint density at radius 2 is 1.94 bits per heavy atom. The quantitative estimate of drug-likeness (QED) is 0.640. The number of aliphatic carboxylic acids is 1. The Balaban J connectivity index is 2.05. The summed E-state index contributed by atoms with van der Waals surface area (Å²) in [7, 11) is 2.10. The van der Waals surface area contributed by atoms with Gasteiger partial charge in [0, 0.05) is 13.1 Å². The third-order valence-electron chi connectivity index (χ3n) is 3.01. The van der Waals surface area contributed by atoms with Crippen molar-refractivity contribution in [1.82, 2.24) is 15.5 Å². The molecule has 0 aromatic carbocycles. The molecule has 1 rings (SSSR count). The number of urea groups is 1. The Morgan fingerprint density at radius 1 is 1.29 bits per heavy atom. The topological polar surface area (TPSA) is 81.7 Å². The molecule has 0 radical (unpaired) electrons. The van der Waals surface area contributed by atoms with Crippen molar-refractivity contribution in [3.63, 3.8) is 0 Å². The summed E-state index contributed by atoms with van der Waals surface area (Å²) in [6.07, 6.45) is 2.17. The highest BCUT2D eigenvalue weighted by atomic mass is 16.4. The number of likely N-dealkylation sites (tertiary alicyclic amines) is 1. The molecule has 2 amide bonds. The summed E-state index contributed by atoms with van der Waals surface area (Å²) in [5, 5.41) is 13.7. The predicted octanol–water partition coefficient (Wildman–Crippen LogP) is 0.102. The Morgan fingerprint density at radius 3 is 2.53 bits per heavy atom. The largest absolute Gasteiger partial charge is 0.481 e. The van der Waals surface area contributed by atoms with Gasteiger partial charge in [0.1, 0.15) is 0 Å². The Labute approximate surface area is 101 Å². The van der Waals surface area contributed by atoms with Gasteiger partial charge in [0.15, 0.2) is 0 Å². The van der Waals surface area contributed by atoms with Crippen LogP contribution in [0.3, 0.4) is 0 Å². The molecule has 0 spiro atoms. The average molecular weight is 243 g/mol. The standard InChI is InChI=1S/C11H21N3O3/c1-14-6-3-9(4-7-14)8-13-11(17)12-5-2-10(15)16/h9H,2-8H2,1H3,(H,15,16)(H2,12,13,17). The van der Waals surface area contributed by atoms with Crippen LogP contribution in [0.15, 0.2) is 0 Å². The first-order valence-corrected chi connectivity index (χ1v) is 6.00. The van der Waals surface area contributed by atoms with Gasteiger partial charge >= 0.3 is 12.0 Å². The van der Waals surface area contributed by atoms with Gasteiger partial charge in [-0.1, -0.05) is 0 Å². The normalized spacial score (nSPS) is 17.7. The van der Waals surface area contributed by atoms with Crippen LogP contribution in [0, 0.1) is 5.92 Å². The summed E-state index contributed by atoms with van der Waals surface area (Å²) in [5.74, 6) is -0.364. The summed E-state index contributed by atoms with van der Waals surface area (Å²) in [4.78, 5) is 23.8. The Hall–Kier alpha value is -1.30. The summed E-state index contributed by atoms with van der Waals surface area (Å²) in [6, 6.07) is -0.273. The molecule has 6 heteroatoms. The van der Waals surface area contributed by atoms with Crippen molar-refractivity contribution in [1.29, 1.82) is 0 Å². The Kier molecular flexibility index (Phi) is 5.76. The number of carbonyl (C=O) groups is 2. The van der Waals surface area contributed by atoms with Gasteiger partial charge in [-0.2, -0.15) is 0 Å². The third-order valence-corrected chi connectivity index (χ3v) is 3.01.